The molecule has 0 saturated heterocycles. The standard InChI is InChI=1S/C17H21ClNO5S2/c1-23-16-12-17(24-2)14(11-13(16)15(20)7-3-4-8-18)19-26(21,22)25-9-5-6-10-25/h5-6,9-12,19H,3-4,7-8H2,1-2H3/q+1. The number of hydrogen-bond acceptors (Lipinski definition) is 5. The maximum absolute atomic E-state index is 12.5. The lowest BCUT2D eigenvalue weighted by atomic mass is 10.0. The van der Waals surface area contributed by atoms with Crippen molar-refractivity contribution in [3.63, 3.8) is 0 Å². The quantitative estimate of drug-likeness (QED) is 0.205. The molecule has 2 rings (SSSR count). The van der Waals surface area contributed by atoms with Gasteiger partial charge in [0.25, 0.3) is 0 Å². The van der Waals surface area contributed by atoms with Crippen LogP contribution in [0.1, 0.15) is 29.6 Å². The molecule has 1 aromatic carbocycles. The Bertz CT molecular complexity index is 850. The zero-order valence-electron chi connectivity index (χ0n) is 14.5. The number of carbonyl (C=O) groups is 1. The molecular formula is C17H21ClNO5S2+. The van der Waals surface area contributed by atoms with Gasteiger partial charge in [-0.3, -0.25) is 4.79 Å². The van der Waals surface area contributed by atoms with Crippen LogP contribution in [0.2, 0.25) is 0 Å². The summed E-state index contributed by atoms with van der Waals surface area (Å²) in [5, 5.41) is 3.19. The molecule has 0 aliphatic heterocycles. The first-order valence-corrected chi connectivity index (χ1v) is 11.8. The van der Waals surface area contributed by atoms with Crippen molar-refractivity contribution in [1.29, 1.82) is 0 Å². The topological polar surface area (TPSA) is 81.7 Å². The molecule has 0 unspecified atom stereocenters. The third kappa shape index (κ3) is 4.90. The molecule has 0 saturated carbocycles. The molecule has 0 fully saturated rings. The second kappa shape index (κ2) is 9.25. The lowest BCUT2D eigenvalue weighted by molar-refractivity contribution is 0.0977. The van der Waals surface area contributed by atoms with Gasteiger partial charge in [-0.2, -0.15) is 8.42 Å². The molecule has 1 aromatic heterocycles. The largest absolute Gasteiger partial charge is 0.496 e. The number of anilines is 1. The minimum Gasteiger partial charge on any atom is -0.496 e. The number of carbonyl (C=O) groups excluding carboxylic acids is 1. The van der Waals surface area contributed by atoms with Gasteiger partial charge in [0.15, 0.2) is 16.5 Å². The van der Waals surface area contributed by atoms with E-state index in [0.717, 1.165) is 6.42 Å². The molecule has 142 valence electrons. The summed E-state index contributed by atoms with van der Waals surface area (Å²) in [6.45, 7) is 0. The average Bonchev–Trinajstić information content (AvgIpc) is 3.17. The van der Waals surface area contributed by atoms with E-state index in [1.807, 2.05) is 0 Å². The van der Waals surface area contributed by atoms with Crippen LogP contribution in [0, 0.1) is 0 Å². The molecule has 1 N–H and O–H groups in total. The van der Waals surface area contributed by atoms with Crippen molar-refractivity contribution < 1.29 is 22.7 Å². The van der Waals surface area contributed by atoms with Gasteiger partial charge in [-0.05, 0) is 31.0 Å². The summed E-state index contributed by atoms with van der Waals surface area (Å²) >= 11 is 5.65. The number of unbranched alkanes of at least 4 members (excludes halogenated alkanes) is 1. The molecule has 9 heteroatoms. The van der Waals surface area contributed by atoms with Crippen LogP contribution in [0.5, 0.6) is 11.5 Å². The van der Waals surface area contributed by atoms with Gasteiger partial charge in [0, 0.05) is 18.4 Å². The number of thiophene rings is 1. The maximum atomic E-state index is 12.5. The minimum absolute atomic E-state index is 0.141. The normalized spacial score (nSPS) is 11.2. The van der Waals surface area contributed by atoms with Gasteiger partial charge >= 0.3 is 9.06 Å². The maximum Gasteiger partial charge on any atom is 0.433 e. The number of halogens is 1. The van der Waals surface area contributed by atoms with Gasteiger partial charge in [0.1, 0.15) is 21.0 Å². The Morgan fingerprint density at radius 2 is 1.77 bits per heavy atom. The van der Waals surface area contributed by atoms with Crippen molar-refractivity contribution in [2.75, 3.05) is 24.8 Å². The van der Waals surface area contributed by atoms with Gasteiger partial charge in [-0.25, -0.2) is 4.72 Å². The molecule has 0 bridgehead atoms. The van der Waals surface area contributed by atoms with Crippen LogP contribution >= 0.6 is 21.1 Å². The minimum atomic E-state index is -3.67. The van der Waals surface area contributed by atoms with Crippen molar-refractivity contribution >= 4 is 41.6 Å². The summed E-state index contributed by atoms with van der Waals surface area (Å²) in [7, 11) is -1.87. The third-order valence-corrected chi connectivity index (χ3v) is 8.17. The Morgan fingerprint density at radius 1 is 1.12 bits per heavy atom. The predicted molar refractivity (Wildman–Crippen MR) is 105 cm³/mol. The fourth-order valence-corrected chi connectivity index (χ4v) is 5.74. The van der Waals surface area contributed by atoms with E-state index in [9.17, 15) is 13.2 Å². The first kappa shape index (κ1) is 20.5. The fraction of sp³-hybridized carbons (Fsp3) is 0.353. The highest BCUT2D eigenvalue weighted by Gasteiger charge is 2.26. The Balaban J connectivity index is 2.39. The molecule has 2 aromatic rings. The molecule has 26 heavy (non-hydrogen) atoms. The lowest BCUT2D eigenvalue weighted by Gasteiger charge is -2.14. The summed E-state index contributed by atoms with van der Waals surface area (Å²) < 4.78 is 38.1. The van der Waals surface area contributed by atoms with E-state index in [0.29, 0.717) is 30.0 Å². The Kier molecular flexibility index (Phi) is 7.31. The van der Waals surface area contributed by atoms with E-state index >= 15 is 0 Å². The number of ether oxygens (including phenoxy) is 2. The number of methoxy groups -OCH3 is 2. The third-order valence-electron chi connectivity index (χ3n) is 3.63. The van der Waals surface area contributed by atoms with Crippen LogP contribution in [0.15, 0.2) is 35.0 Å². The Labute approximate surface area is 160 Å². The first-order chi connectivity index (χ1) is 12.4. The molecule has 0 aliphatic rings. The van der Waals surface area contributed by atoms with Crippen LogP contribution in [0.3, 0.4) is 0 Å². The smallest absolute Gasteiger partial charge is 0.433 e. The van der Waals surface area contributed by atoms with Crippen molar-refractivity contribution in [3.05, 3.63) is 40.6 Å². The van der Waals surface area contributed by atoms with Crippen LogP contribution in [0.25, 0.3) is 0 Å². The van der Waals surface area contributed by atoms with Gasteiger partial charge in [-0.1, -0.05) is 0 Å². The van der Waals surface area contributed by atoms with Crippen molar-refractivity contribution in [2.45, 2.75) is 19.3 Å². The van der Waals surface area contributed by atoms with Crippen LogP contribution in [-0.2, 0) is 9.06 Å². The molecule has 0 radical (unpaired) electrons. The van der Waals surface area contributed by atoms with E-state index in [-0.39, 0.29) is 17.2 Å². The van der Waals surface area contributed by atoms with E-state index in [2.05, 4.69) is 4.72 Å². The van der Waals surface area contributed by atoms with Crippen LogP contribution < -0.4 is 14.2 Å². The Morgan fingerprint density at radius 3 is 2.35 bits per heavy atom. The average molecular weight is 419 g/mol. The molecule has 0 aliphatic carbocycles. The highest BCUT2D eigenvalue weighted by molar-refractivity contribution is 8.39. The molecular weight excluding hydrogens is 398 g/mol. The molecule has 1 heterocycles. The SMILES string of the molecule is COc1cc(OC)c(C(=O)CCCCCl)cc1NS(=O)(=O)[s+]1cccc1. The summed E-state index contributed by atoms with van der Waals surface area (Å²) in [6, 6.07) is 6.33. The molecule has 0 amide bonds. The highest BCUT2D eigenvalue weighted by Crippen LogP contribution is 2.36. The number of rotatable bonds is 10. The second-order valence-electron chi connectivity index (χ2n) is 5.36. The van der Waals surface area contributed by atoms with Gasteiger partial charge in [-0.15, -0.1) is 11.6 Å². The van der Waals surface area contributed by atoms with Crippen molar-refractivity contribution in [2.24, 2.45) is 0 Å². The summed E-state index contributed by atoms with van der Waals surface area (Å²) in [6.07, 6.45) is 1.68. The number of alkyl halides is 1. The number of ketones is 1. The van der Waals surface area contributed by atoms with Gasteiger partial charge in [0.05, 0.1) is 25.5 Å². The number of hydrogen-bond donors (Lipinski definition) is 1. The lowest BCUT2D eigenvalue weighted by Crippen LogP contribution is -2.11. The summed E-state index contributed by atoms with van der Waals surface area (Å²) in [5.41, 5.74) is 0.511. The summed E-state index contributed by atoms with van der Waals surface area (Å²) in [5.74, 6) is 0.960. The highest BCUT2D eigenvalue weighted by atomic mass is 35.5. The number of nitrogens with one attached hydrogen (secondary N) is 1. The molecule has 0 atom stereocenters. The monoisotopic (exact) mass is 418 g/mol. The zero-order chi connectivity index (χ0) is 19.2. The molecule has 0 spiro atoms. The van der Waals surface area contributed by atoms with E-state index < -0.39 is 18.6 Å². The van der Waals surface area contributed by atoms with Crippen molar-refractivity contribution in [1.82, 2.24) is 0 Å². The Hall–Kier alpha value is -1.77. The van der Waals surface area contributed by atoms with E-state index in [4.69, 9.17) is 21.1 Å². The molecule has 6 nitrogen and oxygen atoms in total. The predicted octanol–water partition coefficient (Wildman–Crippen LogP) is 4.25. The van der Waals surface area contributed by atoms with Crippen LogP contribution in [0.4, 0.5) is 5.69 Å². The van der Waals surface area contributed by atoms with Gasteiger partial charge in [0.2, 0.25) is 0 Å². The van der Waals surface area contributed by atoms with E-state index in [1.165, 1.54) is 26.4 Å². The fourth-order valence-electron chi connectivity index (χ4n) is 2.33. The van der Waals surface area contributed by atoms with Gasteiger partial charge < -0.3 is 9.47 Å². The zero-order valence-corrected chi connectivity index (χ0v) is 16.9. The van der Waals surface area contributed by atoms with Crippen LogP contribution in [-0.4, -0.2) is 34.3 Å². The number of benzene rings is 1. The van der Waals surface area contributed by atoms with Crippen molar-refractivity contribution in [3.8, 4) is 11.5 Å². The first-order valence-electron chi connectivity index (χ1n) is 7.88. The summed E-state index contributed by atoms with van der Waals surface area (Å²) in [4.78, 5) is 12.5. The number of Topliss-reactive ketones (excluding diaryl/α,β-unsaturated/α-hetero) is 1. The second-order valence-corrected chi connectivity index (χ2v) is 10.5. The van der Waals surface area contributed by atoms with E-state index in [1.54, 1.807) is 22.9 Å².